The van der Waals surface area contributed by atoms with Crippen molar-refractivity contribution in [1.29, 1.82) is 0 Å². The molecule has 2 fully saturated rings. The average molecular weight is 266 g/mol. The molecule has 0 aromatic carbocycles. The molecular weight excluding hydrogens is 232 g/mol. The summed E-state index contributed by atoms with van der Waals surface area (Å²) in [6.07, 6.45) is 11.1. The summed E-state index contributed by atoms with van der Waals surface area (Å²) in [6.45, 7) is 8.64. The highest BCUT2D eigenvalue weighted by molar-refractivity contribution is 4.96. The maximum absolute atomic E-state index is 3.61. The van der Waals surface area contributed by atoms with Gasteiger partial charge in [-0.2, -0.15) is 0 Å². The summed E-state index contributed by atoms with van der Waals surface area (Å²) in [5, 5.41) is 3.61. The first kappa shape index (κ1) is 15.3. The van der Waals surface area contributed by atoms with Crippen LogP contribution < -0.4 is 5.32 Å². The van der Waals surface area contributed by atoms with E-state index in [0.717, 1.165) is 12.1 Å². The molecule has 2 heteroatoms. The van der Waals surface area contributed by atoms with Crippen molar-refractivity contribution in [1.82, 2.24) is 10.2 Å². The van der Waals surface area contributed by atoms with E-state index in [1.165, 1.54) is 57.9 Å². The Morgan fingerprint density at radius 3 is 2.63 bits per heavy atom. The second-order valence-electron chi connectivity index (χ2n) is 7.52. The topological polar surface area (TPSA) is 15.3 Å². The molecule has 0 aromatic rings. The van der Waals surface area contributed by atoms with Crippen LogP contribution in [0.4, 0.5) is 0 Å². The highest BCUT2D eigenvalue weighted by Gasteiger charge is 2.39. The maximum atomic E-state index is 3.61. The normalized spacial score (nSPS) is 36.9. The first-order valence-corrected chi connectivity index (χ1v) is 8.50. The Bertz CT molecular complexity index is 274. The number of hydrogen-bond donors (Lipinski definition) is 1. The van der Waals surface area contributed by atoms with E-state index in [1.807, 2.05) is 0 Å². The SMILES string of the molecule is CCC1CCCCCN1C1CC(C)(C)CCC1NC. The average Bonchev–Trinajstić information content (AvgIpc) is 2.62. The Morgan fingerprint density at radius 1 is 1.16 bits per heavy atom. The van der Waals surface area contributed by atoms with Crippen LogP contribution in [0, 0.1) is 5.41 Å². The third-order valence-electron chi connectivity index (χ3n) is 5.55. The van der Waals surface area contributed by atoms with Crippen LogP contribution >= 0.6 is 0 Å². The zero-order valence-corrected chi connectivity index (χ0v) is 13.5. The van der Waals surface area contributed by atoms with Crippen molar-refractivity contribution in [2.75, 3.05) is 13.6 Å². The lowest BCUT2D eigenvalue weighted by atomic mass is 9.72. The van der Waals surface area contributed by atoms with Crippen LogP contribution in [0.25, 0.3) is 0 Å². The van der Waals surface area contributed by atoms with Crippen LogP contribution in [-0.2, 0) is 0 Å². The number of nitrogens with one attached hydrogen (secondary N) is 1. The molecule has 0 spiro atoms. The van der Waals surface area contributed by atoms with E-state index in [-0.39, 0.29) is 0 Å². The molecule has 2 aliphatic rings. The van der Waals surface area contributed by atoms with Crippen LogP contribution in [0.1, 0.15) is 72.1 Å². The number of hydrogen-bond acceptors (Lipinski definition) is 2. The number of rotatable bonds is 3. The molecule has 1 saturated heterocycles. The maximum Gasteiger partial charge on any atom is 0.0257 e. The zero-order valence-electron chi connectivity index (χ0n) is 13.5. The van der Waals surface area contributed by atoms with E-state index >= 15 is 0 Å². The summed E-state index contributed by atoms with van der Waals surface area (Å²) in [4.78, 5) is 2.88. The molecule has 0 bridgehead atoms. The van der Waals surface area contributed by atoms with Crippen LogP contribution in [0.3, 0.4) is 0 Å². The molecule has 1 heterocycles. The minimum Gasteiger partial charge on any atom is -0.315 e. The summed E-state index contributed by atoms with van der Waals surface area (Å²) in [5.41, 5.74) is 0.530. The molecule has 0 amide bonds. The van der Waals surface area contributed by atoms with Gasteiger partial charge in [0.25, 0.3) is 0 Å². The lowest BCUT2D eigenvalue weighted by molar-refractivity contribution is 0.0379. The van der Waals surface area contributed by atoms with E-state index < -0.39 is 0 Å². The van der Waals surface area contributed by atoms with Gasteiger partial charge in [-0.05, 0) is 57.5 Å². The van der Waals surface area contributed by atoms with Crippen molar-refractivity contribution in [3.05, 3.63) is 0 Å². The second kappa shape index (κ2) is 6.58. The fraction of sp³-hybridized carbons (Fsp3) is 1.00. The molecule has 3 atom stereocenters. The van der Waals surface area contributed by atoms with Crippen LogP contribution in [0.5, 0.6) is 0 Å². The largest absolute Gasteiger partial charge is 0.315 e. The molecular formula is C17H34N2. The summed E-state index contributed by atoms with van der Waals surface area (Å²) in [6, 6.07) is 2.30. The fourth-order valence-electron chi connectivity index (χ4n) is 4.31. The lowest BCUT2D eigenvalue weighted by Crippen LogP contribution is -2.56. The summed E-state index contributed by atoms with van der Waals surface area (Å²) < 4.78 is 0. The molecule has 1 aliphatic carbocycles. The number of likely N-dealkylation sites (N-methyl/N-ethyl adjacent to an activating group) is 1. The van der Waals surface area contributed by atoms with Gasteiger partial charge in [-0.1, -0.05) is 33.6 Å². The minimum absolute atomic E-state index is 0.530. The van der Waals surface area contributed by atoms with Gasteiger partial charge < -0.3 is 5.32 Å². The van der Waals surface area contributed by atoms with Crippen molar-refractivity contribution in [3.63, 3.8) is 0 Å². The summed E-state index contributed by atoms with van der Waals surface area (Å²) in [5.74, 6) is 0. The molecule has 0 aromatic heterocycles. The molecule has 0 radical (unpaired) electrons. The molecule has 1 saturated carbocycles. The van der Waals surface area contributed by atoms with Gasteiger partial charge >= 0.3 is 0 Å². The van der Waals surface area contributed by atoms with E-state index in [1.54, 1.807) is 0 Å². The predicted octanol–water partition coefficient (Wildman–Crippen LogP) is 3.81. The zero-order chi connectivity index (χ0) is 13.9. The smallest absolute Gasteiger partial charge is 0.0257 e. The highest BCUT2D eigenvalue weighted by atomic mass is 15.2. The third-order valence-corrected chi connectivity index (χ3v) is 5.55. The monoisotopic (exact) mass is 266 g/mol. The fourth-order valence-corrected chi connectivity index (χ4v) is 4.31. The molecule has 1 aliphatic heterocycles. The Balaban J connectivity index is 2.13. The molecule has 112 valence electrons. The van der Waals surface area contributed by atoms with Gasteiger partial charge in [-0.25, -0.2) is 0 Å². The van der Waals surface area contributed by atoms with Gasteiger partial charge in [0, 0.05) is 18.1 Å². The quantitative estimate of drug-likeness (QED) is 0.835. The molecule has 3 unspecified atom stereocenters. The number of likely N-dealkylation sites (tertiary alicyclic amines) is 1. The van der Waals surface area contributed by atoms with Crippen LogP contribution in [-0.4, -0.2) is 36.6 Å². The van der Waals surface area contributed by atoms with Crippen molar-refractivity contribution in [2.24, 2.45) is 5.41 Å². The first-order chi connectivity index (χ1) is 9.07. The minimum atomic E-state index is 0.530. The van der Waals surface area contributed by atoms with Crippen molar-refractivity contribution >= 4 is 0 Å². The summed E-state index contributed by atoms with van der Waals surface area (Å²) in [7, 11) is 2.16. The van der Waals surface area contributed by atoms with Gasteiger partial charge in [-0.3, -0.25) is 4.90 Å². The Labute approximate surface area is 120 Å². The van der Waals surface area contributed by atoms with E-state index in [4.69, 9.17) is 0 Å². The second-order valence-corrected chi connectivity index (χ2v) is 7.52. The van der Waals surface area contributed by atoms with Crippen LogP contribution in [0.2, 0.25) is 0 Å². The Hall–Kier alpha value is -0.0800. The van der Waals surface area contributed by atoms with E-state index in [0.29, 0.717) is 11.5 Å². The van der Waals surface area contributed by atoms with Crippen LogP contribution in [0.15, 0.2) is 0 Å². The Kier molecular flexibility index (Phi) is 5.30. The van der Waals surface area contributed by atoms with Crippen molar-refractivity contribution < 1.29 is 0 Å². The third kappa shape index (κ3) is 3.72. The first-order valence-electron chi connectivity index (χ1n) is 8.50. The molecule has 1 N–H and O–H groups in total. The molecule has 2 rings (SSSR count). The van der Waals surface area contributed by atoms with Gasteiger partial charge in [0.1, 0.15) is 0 Å². The standard InChI is InChI=1S/C17H34N2/c1-5-14-9-7-6-8-12-19(14)16-13-17(2,3)11-10-15(16)18-4/h14-16,18H,5-13H2,1-4H3. The molecule has 2 nitrogen and oxygen atoms in total. The van der Waals surface area contributed by atoms with Gasteiger partial charge in [0.2, 0.25) is 0 Å². The van der Waals surface area contributed by atoms with Gasteiger partial charge in [-0.15, -0.1) is 0 Å². The van der Waals surface area contributed by atoms with Crippen molar-refractivity contribution in [2.45, 2.75) is 90.3 Å². The van der Waals surface area contributed by atoms with Gasteiger partial charge in [0.15, 0.2) is 0 Å². The van der Waals surface area contributed by atoms with Gasteiger partial charge in [0.05, 0.1) is 0 Å². The molecule has 19 heavy (non-hydrogen) atoms. The number of nitrogens with zero attached hydrogens (tertiary/aromatic N) is 1. The lowest BCUT2D eigenvalue weighted by Gasteiger charge is -2.48. The predicted molar refractivity (Wildman–Crippen MR) is 83.5 cm³/mol. The van der Waals surface area contributed by atoms with E-state index in [2.05, 4.69) is 38.0 Å². The van der Waals surface area contributed by atoms with E-state index in [9.17, 15) is 0 Å². The van der Waals surface area contributed by atoms with Crippen molar-refractivity contribution in [3.8, 4) is 0 Å². The Morgan fingerprint density at radius 2 is 1.95 bits per heavy atom. The summed E-state index contributed by atoms with van der Waals surface area (Å²) >= 11 is 0. The highest BCUT2D eigenvalue weighted by Crippen LogP contribution is 2.39.